The summed E-state index contributed by atoms with van der Waals surface area (Å²) in [6.07, 6.45) is 4.56. The molecule has 5 aromatic rings. The van der Waals surface area contributed by atoms with E-state index in [9.17, 15) is 0 Å². The van der Waals surface area contributed by atoms with E-state index < -0.39 is 0 Å². The van der Waals surface area contributed by atoms with Crippen LogP contribution in [0.1, 0.15) is 250 Å². The van der Waals surface area contributed by atoms with Crippen molar-refractivity contribution in [3.8, 4) is 0 Å². The third-order valence-electron chi connectivity index (χ3n) is 14.6. The van der Waals surface area contributed by atoms with Gasteiger partial charge in [-0.15, -0.1) is 0 Å². The van der Waals surface area contributed by atoms with Gasteiger partial charge in [-0.3, -0.25) is 0 Å². The Bertz CT molecular complexity index is 2700. The average molecular weight is 907 g/mol. The summed E-state index contributed by atoms with van der Waals surface area (Å²) in [7, 11) is 0. The quantitative estimate of drug-likeness (QED) is 0.165. The first-order chi connectivity index (χ1) is 30.8. The summed E-state index contributed by atoms with van der Waals surface area (Å²) in [5, 5.41) is 0. The first-order valence-electron chi connectivity index (χ1n) is 25.8. The zero-order chi connectivity index (χ0) is 51.1. The van der Waals surface area contributed by atoms with Crippen LogP contribution in [0, 0.1) is 12.1 Å². The van der Waals surface area contributed by atoms with Gasteiger partial charge in [0.05, 0.1) is 0 Å². The van der Waals surface area contributed by atoms with E-state index in [-0.39, 0.29) is 55.2 Å². The van der Waals surface area contributed by atoms with Gasteiger partial charge in [0.2, 0.25) is 0 Å². The lowest BCUT2D eigenvalue weighted by Gasteiger charge is -2.43. The van der Waals surface area contributed by atoms with Gasteiger partial charge in [0, 0.05) is 11.8 Å². The van der Waals surface area contributed by atoms with E-state index in [0.29, 0.717) is 0 Å². The van der Waals surface area contributed by atoms with Gasteiger partial charge >= 0.3 is 0 Å². The molecule has 0 saturated heterocycles. The molecule has 2 unspecified atom stereocenters. The van der Waals surface area contributed by atoms with Crippen LogP contribution in [0.15, 0.2) is 97.1 Å². The fraction of sp³-hybridized carbons (Fsp3) is 0.500. The Labute approximate surface area is 417 Å². The van der Waals surface area contributed by atoms with Crippen LogP contribution in [0.2, 0.25) is 0 Å². The van der Waals surface area contributed by atoms with Crippen LogP contribution in [0.25, 0.3) is 16.7 Å². The highest BCUT2D eigenvalue weighted by molar-refractivity contribution is 6.05. The monoisotopic (exact) mass is 907 g/mol. The lowest BCUT2D eigenvalue weighted by atomic mass is 9.60. The van der Waals surface area contributed by atoms with Gasteiger partial charge in [-0.05, 0) is 145 Å². The molecule has 0 aromatic heterocycles. The summed E-state index contributed by atoms with van der Waals surface area (Å²) in [5.74, 6) is -0.160. The third kappa shape index (κ3) is 11.0. The molecule has 0 amide bonds. The average Bonchev–Trinajstić information content (AvgIpc) is 3.19. The largest absolute Gasteiger partial charge is 0.0582 e. The van der Waals surface area contributed by atoms with Crippen LogP contribution >= 0.6 is 0 Å². The van der Waals surface area contributed by atoms with E-state index in [1.165, 1.54) is 89.0 Å². The zero-order valence-corrected chi connectivity index (χ0v) is 47.4. The maximum atomic E-state index is 4.56. The van der Waals surface area contributed by atoms with Crippen molar-refractivity contribution >= 4 is 16.7 Å². The van der Waals surface area contributed by atoms with Crippen molar-refractivity contribution in [1.29, 1.82) is 0 Å². The summed E-state index contributed by atoms with van der Waals surface area (Å²) in [5.41, 5.74) is 20.7. The Morgan fingerprint density at radius 2 is 0.662 bits per heavy atom. The Morgan fingerprint density at radius 3 is 1.06 bits per heavy atom. The molecule has 2 radical (unpaired) electrons. The number of hydrogen-bond donors (Lipinski definition) is 0. The molecule has 362 valence electrons. The lowest BCUT2D eigenvalue weighted by Crippen LogP contribution is -2.28. The fourth-order valence-electron chi connectivity index (χ4n) is 10.3. The molecule has 0 N–H and O–H groups in total. The van der Waals surface area contributed by atoms with Gasteiger partial charge in [0.15, 0.2) is 0 Å². The van der Waals surface area contributed by atoms with E-state index in [2.05, 4.69) is 275 Å². The highest BCUT2D eigenvalue weighted by atomic mass is 14.5. The van der Waals surface area contributed by atoms with Crippen molar-refractivity contribution in [3.05, 3.63) is 182 Å². The maximum absolute atomic E-state index is 4.56. The molecule has 0 heteroatoms. The van der Waals surface area contributed by atoms with Crippen molar-refractivity contribution in [2.45, 2.75) is 221 Å². The smallest absolute Gasteiger partial charge is 0.0214 e. The van der Waals surface area contributed by atoms with Gasteiger partial charge < -0.3 is 0 Å². The third-order valence-corrected chi connectivity index (χ3v) is 14.6. The molecular formula is C68H90. The van der Waals surface area contributed by atoms with Crippen molar-refractivity contribution in [2.75, 3.05) is 0 Å². The fourth-order valence-corrected chi connectivity index (χ4v) is 10.3. The second-order valence-electron chi connectivity index (χ2n) is 28.7. The number of benzene rings is 5. The van der Waals surface area contributed by atoms with Gasteiger partial charge in [-0.1, -0.05) is 263 Å². The molecule has 68 heavy (non-hydrogen) atoms. The predicted molar refractivity (Wildman–Crippen MR) is 300 cm³/mol. The number of hydrogen-bond acceptors (Lipinski definition) is 0. The number of allylic oxidation sites excluding steroid dienone is 4. The van der Waals surface area contributed by atoms with Crippen molar-refractivity contribution in [2.24, 2.45) is 0 Å². The molecule has 0 heterocycles. The Balaban J connectivity index is 2.00. The van der Waals surface area contributed by atoms with Gasteiger partial charge in [-0.25, -0.2) is 0 Å². The van der Waals surface area contributed by atoms with Crippen LogP contribution in [-0.4, -0.2) is 0 Å². The minimum Gasteiger partial charge on any atom is -0.0582 e. The molecule has 0 spiro atoms. The van der Waals surface area contributed by atoms with Gasteiger partial charge in [-0.2, -0.15) is 0 Å². The molecule has 5 aromatic carbocycles. The Hall–Kier alpha value is -4.42. The standard InChI is InChI=1S/C68H90/c1-61(2,3)44-30-34-48(54(38-44)65(13,14)15)52-42-53(49-35-31-45(62(4,5)6)39-55(49)66(16,17)18)60(51-37-33-47(64(10,11)12)41-57(51)68(22,23)24)58(43-28-26-25-27-29-43)59(52)50-36-32-46(63(7,8)9)40-56(50)67(19,20)21/h26-41,58-59H,1-24H3. The second kappa shape index (κ2) is 17.8. The molecule has 0 aliphatic heterocycles. The van der Waals surface area contributed by atoms with Crippen molar-refractivity contribution in [1.82, 2.24) is 0 Å². The van der Waals surface area contributed by atoms with E-state index in [1.807, 2.05) is 0 Å². The maximum Gasteiger partial charge on any atom is 0.0214 e. The molecule has 0 fully saturated rings. The molecule has 1 aliphatic rings. The van der Waals surface area contributed by atoms with Crippen LogP contribution in [-0.2, 0) is 43.3 Å². The van der Waals surface area contributed by atoms with E-state index in [4.69, 9.17) is 0 Å². The SMILES string of the molecule is CC(C)(C)c1ccc(C2=[C]C(c3ccc(C(C)(C)C)cc3C(C)(C)C)=C(c3ccc(C(C)(C)C)cc3C(C)(C)C)C(c3cc[c]cc3)C2c2ccc(C(C)(C)C)cc2C(C)(C)C)c(C(C)(C)C)c1. The van der Waals surface area contributed by atoms with E-state index >= 15 is 0 Å². The topological polar surface area (TPSA) is 0 Å². The lowest BCUT2D eigenvalue weighted by molar-refractivity contribution is 0.555. The molecule has 0 saturated carbocycles. The normalized spacial score (nSPS) is 17.1. The second-order valence-corrected chi connectivity index (χ2v) is 28.7. The number of rotatable bonds is 5. The van der Waals surface area contributed by atoms with Crippen molar-refractivity contribution < 1.29 is 0 Å². The Morgan fingerprint density at radius 1 is 0.324 bits per heavy atom. The van der Waals surface area contributed by atoms with Crippen LogP contribution in [0.5, 0.6) is 0 Å². The summed E-state index contributed by atoms with van der Waals surface area (Å²) in [4.78, 5) is 0. The first-order valence-corrected chi connectivity index (χ1v) is 25.8. The first kappa shape index (κ1) is 52.9. The summed E-state index contributed by atoms with van der Waals surface area (Å²) < 4.78 is 0. The molecule has 0 bridgehead atoms. The summed E-state index contributed by atoms with van der Waals surface area (Å²) in [6.45, 7) is 57.0. The van der Waals surface area contributed by atoms with Gasteiger partial charge in [0.1, 0.15) is 0 Å². The van der Waals surface area contributed by atoms with E-state index in [1.54, 1.807) is 0 Å². The molecule has 2 atom stereocenters. The summed E-state index contributed by atoms with van der Waals surface area (Å²) >= 11 is 0. The minimum atomic E-state index is -0.153. The Kier molecular flexibility index (Phi) is 13.8. The highest BCUT2D eigenvalue weighted by Crippen LogP contribution is 2.59. The predicted octanol–water partition coefficient (Wildman–Crippen LogP) is 19.2. The van der Waals surface area contributed by atoms with Crippen LogP contribution in [0.4, 0.5) is 0 Å². The molecule has 1 aliphatic carbocycles. The van der Waals surface area contributed by atoms with Crippen molar-refractivity contribution in [3.63, 3.8) is 0 Å². The van der Waals surface area contributed by atoms with Crippen LogP contribution < -0.4 is 0 Å². The summed E-state index contributed by atoms with van der Waals surface area (Å²) in [6, 6.07) is 42.2. The molecule has 0 nitrogen and oxygen atoms in total. The highest BCUT2D eigenvalue weighted by Gasteiger charge is 2.43. The van der Waals surface area contributed by atoms with Gasteiger partial charge in [0.25, 0.3) is 0 Å². The molecule has 6 rings (SSSR count). The zero-order valence-electron chi connectivity index (χ0n) is 47.4. The minimum absolute atomic E-state index is 0.00886. The van der Waals surface area contributed by atoms with Crippen LogP contribution in [0.3, 0.4) is 0 Å². The molecular weight excluding hydrogens is 817 g/mol. The van der Waals surface area contributed by atoms with E-state index in [0.717, 1.165) is 0 Å².